The maximum atomic E-state index is 13.2. The first-order valence-electron chi connectivity index (χ1n) is 9.58. The molecule has 172 valence electrons. The molecule has 33 heavy (non-hydrogen) atoms. The highest BCUT2D eigenvalue weighted by Crippen LogP contribution is 2.41. The molecule has 0 unspecified atom stereocenters. The number of benzene rings is 2. The normalized spacial score (nSPS) is 12.2. The Hall–Kier alpha value is -3.34. The van der Waals surface area contributed by atoms with Gasteiger partial charge in [0.05, 0.1) is 23.1 Å². The fourth-order valence-corrected chi connectivity index (χ4v) is 4.16. The van der Waals surface area contributed by atoms with Crippen molar-refractivity contribution in [2.45, 2.75) is 19.3 Å². The van der Waals surface area contributed by atoms with E-state index in [2.05, 4.69) is 15.3 Å². The summed E-state index contributed by atoms with van der Waals surface area (Å²) in [5.41, 5.74) is -1.77. The minimum absolute atomic E-state index is 0.0801. The van der Waals surface area contributed by atoms with Crippen LogP contribution in [-0.4, -0.2) is 16.6 Å². The van der Waals surface area contributed by atoms with Crippen LogP contribution in [0.2, 0.25) is 0 Å². The number of nitrogens with one attached hydrogen (secondary N) is 1. The van der Waals surface area contributed by atoms with Gasteiger partial charge in [0.25, 0.3) is 0 Å². The molecule has 0 atom stereocenters. The highest BCUT2D eigenvalue weighted by atomic mass is 32.1. The third-order valence-corrected chi connectivity index (χ3v) is 5.58. The number of thiophene rings is 1. The molecule has 0 amide bonds. The van der Waals surface area contributed by atoms with Gasteiger partial charge in [-0.05, 0) is 42.8 Å². The summed E-state index contributed by atoms with van der Waals surface area (Å²) in [5.74, 6) is 0.761. The molecule has 2 aromatic carbocycles. The van der Waals surface area contributed by atoms with E-state index in [0.29, 0.717) is 40.3 Å². The van der Waals surface area contributed by atoms with Gasteiger partial charge < -0.3 is 10.1 Å². The molecule has 0 aliphatic carbocycles. The number of nitrogens with zero attached hydrogens (tertiary/aromatic N) is 2. The molecule has 4 rings (SSSR count). The highest BCUT2D eigenvalue weighted by molar-refractivity contribution is 7.17. The molecule has 4 aromatic rings. The number of ether oxygens (including phenoxy) is 1. The third kappa shape index (κ3) is 4.87. The number of aromatic nitrogens is 2. The van der Waals surface area contributed by atoms with Gasteiger partial charge in [-0.1, -0.05) is 12.1 Å². The summed E-state index contributed by atoms with van der Waals surface area (Å²) in [7, 11) is 0. The van der Waals surface area contributed by atoms with Crippen molar-refractivity contribution >= 4 is 33.1 Å². The lowest BCUT2D eigenvalue weighted by Crippen LogP contribution is -2.11. The first-order valence-corrected chi connectivity index (χ1v) is 10.5. The second kappa shape index (κ2) is 8.54. The molecule has 11 heteroatoms. The van der Waals surface area contributed by atoms with Crippen molar-refractivity contribution in [2.24, 2.45) is 0 Å². The van der Waals surface area contributed by atoms with Crippen molar-refractivity contribution in [1.82, 2.24) is 9.97 Å². The Balaban J connectivity index is 1.79. The maximum absolute atomic E-state index is 13.2. The van der Waals surface area contributed by atoms with Crippen LogP contribution in [0.5, 0.6) is 5.75 Å². The van der Waals surface area contributed by atoms with E-state index in [1.54, 1.807) is 29.6 Å². The van der Waals surface area contributed by atoms with Crippen LogP contribution in [0.25, 0.3) is 21.3 Å². The van der Waals surface area contributed by atoms with E-state index >= 15 is 0 Å². The van der Waals surface area contributed by atoms with Gasteiger partial charge in [0.1, 0.15) is 22.7 Å². The van der Waals surface area contributed by atoms with Crippen molar-refractivity contribution in [1.29, 1.82) is 0 Å². The summed E-state index contributed by atoms with van der Waals surface area (Å²) < 4.78 is 84.8. The van der Waals surface area contributed by atoms with Crippen LogP contribution in [0, 0.1) is 0 Å². The lowest BCUT2D eigenvalue weighted by molar-refractivity contribution is -0.143. The number of hydrogen-bond donors (Lipinski definition) is 1. The van der Waals surface area contributed by atoms with E-state index in [0.717, 1.165) is 5.56 Å². The third-order valence-electron chi connectivity index (χ3n) is 4.70. The van der Waals surface area contributed by atoms with Crippen LogP contribution in [0.4, 0.5) is 37.8 Å². The molecule has 4 nitrogen and oxygen atoms in total. The van der Waals surface area contributed by atoms with Gasteiger partial charge in [0, 0.05) is 16.6 Å². The van der Waals surface area contributed by atoms with Gasteiger partial charge in [-0.15, -0.1) is 11.3 Å². The molecule has 0 saturated heterocycles. The smallest absolute Gasteiger partial charge is 0.416 e. The number of rotatable bonds is 5. The van der Waals surface area contributed by atoms with E-state index in [9.17, 15) is 26.3 Å². The molecule has 2 aromatic heterocycles. The zero-order valence-corrected chi connectivity index (χ0v) is 17.7. The topological polar surface area (TPSA) is 47.0 Å². The molecule has 2 heterocycles. The number of alkyl halides is 6. The molecule has 0 fully saturated rings. The zero-order chi connectivity index (χ0) is 23.8. The summed E-state index contributed by atoms with van der Waals surface area (Å²) in [4.78, 5) is 8.79. The first-order chi connectivity index (χ1) is 15.6. The summed E-state index contributed by atoms with van der Waals surface area (Å²) in [6.45, 7) is 2.35. The molecule has 0 saturated carbocycles. The van der Waals surface area contributed by atoms with E-state index in [1.807, 2.05) is 6.92 Å². The molecular weight excluding hydrogens is 468 g/mol. The van der Waals surface area contributed by atoms with Gasteiger partial charge in [0.2, 0.25) is 0 Å². The average Bonchev–Trinajstić information content (AvgIpc) is 3.18. The van der Waals surface area contributed by atoms with Crippen LogP contribution in [-0.2, 0) is 12.4 Å². The Morgan fingerprint density at radius 3 is 2.12 bits per heavy atom. The predicted molar refractivity (Wildman–Crippen MR) is 114 cm³/mol. The number of hydrogen-bond acceptors (Lipinski definition) is 5. The Labute approximate surface area is 187 Å². The van der Waals surface area contributed by atoms with Crippen molar-refractivity contribution in [3.8, 4) is 16.9 Å². The Kier molecular flexibility index (Phi) is 5.91. The van der Waals surface area contributed by atoms with Crippen LogP contribution < -0.4 is 10.1 Å². The number of halogens is 6. The van der Waals surface area contributed by atoms with Gasteiger partial charge in [-0.25, -0.2) is 9.97 Å². The highest BCUT2D eigenvalue weighted by Gasteiger charge is 2.37. The van der Waals surface area contributed by atoms with Gasteiger partial charge in [0.15, 0.2) is 0 Å². The van der Waals surface area contributed by atoms with Gasteiger partial charge in [-0.3, -0.25) is 0 Å². The first kappa shape index (κ1) is 22.8. The van der Waals surface area contributed by atoms with Crippen molar-refractivity contribution < 1.29 is 31.1 Å². The van der Waals surface area contributed by atoms with Crippen LogP contribution in [0.15, 0.2) is 54.2 Å². The Bertz CT molecular complexity index is 1250. The average molecular weight is 483 g/mol. The molecule has 0 spiro atoms. The summed E-state index contributed by atoms with van der Waals surface area (Å²) in [6, 6.07) is 8.45. The van der Waals surface area contributed by atoms with E-state index in [4.69, 9.17) is 4.74 Å². The standard InChI is InChI=1S/C22H15F6N3OS/c1-2-32-16-5-3-12(4-6-16)17-10-33-20-18(17)19(29-11-30-20)31-15-8-13(21(23,24)25)7-14(9-15)22(26,27)28/h3-11H,2H2,1H3,(H,29,30,31). The van der Waals surface area contributed by atoms with Crippen LogP contribution >= 0.6 is 11.3 Å². The van der Waals surface area contributed by atoms with Crippen LogP contribution in [0.1, 0.15) is 18.1 Å². The molecule has 1 N–H and O–H groups in total. The monoisotopic (exact) mass is 483 g/mol. The van der Waals surface area contributed by atoms with E-state index < -0.39 is 23.5 Å². The lowest BCUT2D eigenvalue weighted by atomic mass is 10.1. The van der Waals surface area contributed by atoms with Gasteiger partial charge in [-0.2, -0.15) is 26.3 Å². The lowest BCUT2D eigenvalue weighted by Gasteiger charge is -2.15. The molecular formula is C22H15F6N3OS. The fraction of sp³-hybridized carbons (Fsp3) is 0.182. The second-order valence-electron chi connectivity index (χ2n) is 6.93. The van der Waals surface area contributed by atoms with E-state index in [-0.39, 0.29) is 17.6 Å². The summed E-state index contributed by atoms with van der Waals surface area (Å²) in [6.07, 6.45) is -8.70. The van der Waals surface area contributed by atoms with Crippen LogP contribution in [0.3, 0.4) is 0 Å². The minimum Gasteiger partial charge on any atom is -0.494 e. The fourth-order valence-electron chi connectivity index (χ4n) is 3.24. The summed E-state index contributed by atoms with van der Waals surface area (Å²) >= 11 is 1.28. The predicted octanol–water partition coefficient (Wildman–Crippen LogP) is 7.54. The van der Waals surface area contributed by atoms with Crippen molar-refractivity contribution in [2.75, 3.05) is 11.9 Å². The molecule has 0 radical (unpaired) electrons. The largest absolute Gasteiger partial charge is 0.494 e. The second-order valence-corrected chi connectivity index (χ2v) is 7.79. The molecule has 0 aliphatic heterocycles. The Morgan fingerprint density at radius 1 is 0.909 bits per heavy atom. The molecule has 0 bridgehead atoms. The number of anilines is 2. The molecule has 0 aliphatic rings. The minimum atomic E-state index is -4.95. The van der Waals surface area contributed by atoms with Gasteiger partial charge >= 0.3 is 12.4 Å². The van der Waals surface area contributed by atoms with E-state index in [1.165, 1.54) is 17.7 Å². The SMILES string of the molecule is CCOc1ccc(-c2csc3ncnc(Nc4cc(C(F)(F)F)cc(C(F)(F)F)c4)c23)cc1. The van der Waals surface area contributed by atoms with Crippen molar-refractivity contribution in [3.63, 3.8) is 0 Å². The zero-order valence-electron chi connectivity index (χ0n) is 16.9. The Morgan fingerprint density at radius 2 is 1.55 bits per heavy atom. The quantitative estimate of drug-likeness (QED) is 0.298. The number of fused-ring (bicyclic) bond motifs is 1. The maximum Gasteiger partial charge on any atom is 0.416 e. The summed E-state index contributed by atoms with van der Waals surface area (Å²) in [5, 5.41) is 4.91. The van der Waals surface area contributed by atoms with Crippen molar-refractivity contribution in [3.05, 3.63) is 65.3 Å².